The molecule has 0 saturated heterocycles. The summed E-state index contributed by atoms with van der Waals surface area (Å²) < 4.78 is 4.67. The largest absolute Gasteiger partial charge is 0.450 e. The molecule has 4 heteroatoms. The first-order valence-electron chi connectivity index (χ1n) is 4.19. The van der Waals surface area contributed by atoms with Gasteiger partial charge in [-0.1, -0.05) is 12.1 Å². The molecule has 4 nitrogen and oxygen atoms in total. The highest BCUT2D eigenvalue weighted by Crippen LogP contribution is 2.12. The molecule has 0 aliphatic carbocycles. The number of hydrogen-bond donors (Lipinski definition) is 1. The van der Waals surface area contributed by atoms with Crippen molar-refractivity contribution in [2.75, 3.05) is 11.9 Å². The van der Waals surface area contributed by atoms with Crippen LogP contribution in [0.2, 0.25) is 0 Å². The molecule has 0 heterocycles. The molecule has 1 radical (unpaired) electrons. The minimum absolute atomic E-state index is 0.290. The fourth-order valence-electron chi connectivity index (χ4n) is 0.958. The minimum atomic E-state index is -0.574. The normalized spacial score (nSPS) is 9.21. The minimum Gasteiger partial charge on any atom is -0.450 e. The van der Waals surface area contributed by atoms with E-state index in [1.807, 2.05) is 0 Å². The number of amides is 1. The van der Waals surface area contributed by atoms with Crippen molar-refractivity contribution in [1.82, 2.24) is 0 Å². The summed E-state index contributed by atoms with van der Waals surface area (Å²) in [6.07, 6.45) is 1.15. The van der Waals surface area contributed by atoms with E-state index < -0.39 is 6.09 Å². The molecule has 1 aromatic carbocycles. The van der Waals surface area contributed by atoms with E-state index in [2.05, 4.69) is 10.1 Å². The smallest absolute Gasteiger partial charge is 0.411 e. The zero-order valence-corrected chi connectivity index (χ0v) is 7.74. The van der Waals surface area contributed by atoms with E-state index in [4.69, 9.17) is 0 Å². The number of ether oxygens (including phenoxy) is 1. The topological polar surface area (TPSA) is 55.4 Å². The predicted octanol–water partition coefficient (Wildman–Crippen LogP) is 1.71. The fourth-order valence-corrected chi connectivity index (χ4v) is 0.958. The Morgan fingerprint density at radius 3 is 2.86 bits per heavy atom. The quantitative estimate of drug-likeness (QED) is 0.793. The first-order valence-corrected chi connectivity index (χ1v) is 4.19. The number of nitrogens with one attached hydrogen (secondary N) is 1. The van der Waals surface area contributed by atoms with Gasteiger partial charge >= 0.3 is 6.09 Å². The van der Waals surface area contributed by atoms with Gasteiger partial charge in [-0.05, 0) is 19.1 Å². The molecule has 14 heavy (non-hydrogen) atoms. The third kappa shape index (κ3) is 2.58. The molecule has 73 valence electrons. The van der Waals surface area contributed by atoms with Crippen molar-refractivity contribution >= 4 is 18.1 Å². The van der Waals surface area contributed by atoms with Crippen LogP contribution in [0.15, 0.2) is 24.3 Å². The van der Waals surface area contributed by atoms with Gasteiger partial charge in [-0.25, -0.2) is 4.79 Å². The van der Waals surface area contributed by atoms with Crippen LogP contribution in [0.5, 0.6) is 0 Å². The molecule has 0 aromatic heterocycles. The monoisotopic (exact) mass is 192 g/mol. The van der Waals surface area contributed by atoms with Crippen LogP contribution in [0.4, 0.5) is 10.5 Å². The summed E-state index contributed by atoms with van der Waals surface area (Å²) in [4.78, 5) is 21.5. The maximum atomic E-state index is 11.0. The molecule has 0 saturated carbocycles. The second kappa shape index (κ2) is 5.01. The van der Waals surface area contributed by atoms with Crippen molar-refractivity contribution in [3.63, 3.8) is 0 Å². The Kier molecular flexibility index (Phi) is 3.67. The van der Waals surface area contributed by atoms with Crippen LogP contribution in [0.25, 0.3) is 0 Å². The molecule has 0 aliphatic heterocycles. The molecular weight excluding hydrogens is 182 g/mol. The summed E-state index contributed by atoms with van der Waals surface area (Å²) in [5.41, 5.74) is 0.710. The van der Waals surface area contributed by atoms with E-state index in [1.54, 1.807) is 37.5 Å². The van der Waals surface area contributed by atoms with Crippen molar-refractivity contribution in [3.05, 3.63) is 29.8 Å². The van der Waals surface area contributed by atoms with Crippen LogP contribution in [0.1, 0.15) is 12.5 Å². The Bertz CT molecular complexity index is 336. The number of carbonyl (C=O) groups excluding carboxylic acids is 2. The van der Waals surface area contributed by atoms with Gasteiger partial charge in [0.2, 0.25) is 6.29 Å². The third-order valence-corrected chi connectivity index (χ3v) is 1.55. The lowest BCUT2D eigenvalue weighted by Gasteiger charge is -2.06. The van der Waals surface area contributed by atoms with Gasteiger partial charge in [0.05, 0.1) is 12.3 Å². The number of hydrogen-bond acceptors (Lipinski definition) is 3. The fraction of sp³-hybridized carbons (Fsp3) is 0.200. The van der Waals surface area contributed by atoms with Gasteiger partial charge in [-0.15, -0.1) is 0 Å². The first kappa shape index (κ1) is 10.2. The maximum Gasteiger partial charge on any atom is 0.411 e. The summed E-state index contributed by atoms with van der Waals surface area (Å²) in [5.74, 6) is 0. The van der Waals surface area contributed by atoms with Crippen LogP contribution >= 0.6 is 0 Å². The lowest BCUT2D eigenvalue weighted by Crippen LogP contribution is -2.14. The highest BCUT2D eigenvalue weighted by atomic mass is 16.5. The van der Waals surface area contributed by atoms with Crippen molar-refractivity contribution < 1.29 is 14.3 Å². The Balaban J connectivity index is 2.75. The van der Waals surface area contributed by atoms with Crippen LogP contribution in [0, 0.1) is 0 Å². The SMILES string of the molecule is CCOC(=O)Nc1ccccc1[C]=O. The lowest BCUT2D eigenvalue weighted by molar-refractivity contribution is 0.168. The van der Waals surface area contributed by atoms with Gasteiger partial charge in [0.15, 0.2) is 0 Å². The average Bonchev–Trinajstić information content (AvgIpc) is 2.19. The standard InChI is InChI=1S/C10H10NO3/c1-2-14-10(13)11-9-6-4-3-5-8(9)7-12/h3-6H,2H2,1H3,(H,11,13). The van der Waals surface area contributed by atoms with E-state index in [-0.39, 0.29) is 0 Å². The van der Waals surface area contributed by atoms with Crippen molar-refractivity contribution in [1.29, 1.82) is 0 Å². The Hall–Kier alpha value is -1.84. The molecular formula is C10H10NO3. The highest BCUT2D eigenvalue weighted by Gasteiger charge is 2.05. The number of rotatable bonds is 3. The molecule has 1 rings (SSSR count). The molecule has 1 N–H and O–H groups in total. The van der Waals surface area contributed by atoms with Crippen molar-refractivity contribution in [2.45, 2.75) is 6.92 Å². The Morgan fingerprint density at radius 1 is 1.50 bits per heavy atom. The highest BCUT2D eigenvalue weighted by molar-refractivity contribution is 5.93. The second-order valence-electron chi connectivity index (χ2n) is 2.49. The molecule has 0 aliphatic rings. The van der Waals surface area contributed by atoms with Gasteiger partial charge in [-0.2, -0.15) is 0 Å². The van der Waals surface area contributed by atoms with Crippen molar-refractivity contribution in [3.8, 4) is 0 Å². The van der Waals surface area contributed by atoms with Gasteiger partial charge in [0.1, 0.15) is 0 Å². The maximum absolute atomic E-state index is 11.0. The summed E-state index contributed by atoms with van der Waals surface area (Å²) in [5, 5.41) is 2.44. The molecule has 0 spiro atoms. The Morgan fingerprint density at radius 2 is 2.21 bits per heavy atom. The van der Waals surface area contributed by atoms with E-state index in [1.165, 1.54) is 0 Å². The van der Waals surface area contributed by atoms with E-state index in [0.29, 0.717) is 17.9 Å². The number of carbonyl (C=O) groups is 1. The van der Waals surface area contributed by atoms with Crippen molar-refractivity contribution in [2.24, 2.45) is 0 Å². The average molecular weight is 192 g/mol. The number of benzene rings is 1. The molecule has 0 atom stereocenters. The Labute approximate surface area is 81.9 Å². The molecule has 1 amide bonds. The molecule has 0 bridgehead atoms. The van der Waals surface area contributed by atoms with Crippen LogP contribution in [0.3, 0.4) is 0 Å². The summed E-state index contributed by atoms with van der Waals surface area (Å²) in [7, 11) is 0. The zero-order chi connectivity index (χ0) is 10.4. The summed E-state index contributed by atoms with van der Waals surface area (Å²) in [6, 6.07) is 6.57. The van der Waals surface area contributed by atoms with E-state index in [0.717, 1.165) is 0 Å². The summed E-state index contributed by atoms with van der Waals surface area (Å²) in [6.45, 7) is 2.00. The number of para-hydroxylation sites is 1. The number of anilines is 1. The molecule has 0 unspecified atom stereocenters. The van der Waals surface area contributed by atoms with Gasteiger partial charge in [-0.3, -0.25) is 10.1 Å². The van der Waals surface area contributed by atoms with Crippen LogP contribution < -0.4 is 5.32 Å². The van der Waals surface area contributed by atoms with E-state index in [9.17, 15) is 9.59 Å². The van der Waals surface area contributed by atoms with Crippen LogP contribution in [-0.2, 0) is 9.53 Å². The van der Waals surface area contributed by atoms with Gasteiger partial charge in [0.25, 0.3) is 0 Å². The molecule has 1 aromatic rings. The third-order valence-electron chi connectivity index (χ3n) is 1.55. The second-order valence-corrected chi connectivity index (χ2v) is 2.49. The van der Waals surface area contributed by atoms with Gasteiger partial charge in [0, 0.05) is 5.56 Å². The molecule has 0 fully saturated rings. The van der Waals surface area contributed by atoms with Crippen LogP contribution in [-0.4, -0.2) is 19.0 Å². The lowest BCUT2D eigenvalue weighted by atomic mass is 10.2. The summed E-state index contributed by atoms with van der Waals surface area (Å²) >= 11 is 0. The van der Waals surface area contributed by atoms with Gasteiger partial charge < -0.3 is 4.74 Å². The van der Waals surface area contributed by atoms with E-state index >= 15 is 0 Å². The first-order chi connectivity index (χ1) is 6.77. The predicted molar refractivity (Wildman–Crippen MR) is 51.9 cm³/mol. The zero-order valence-electron chi connectivity index (χ0n) is 7.74.